The average Bonchev–Trinajstić information content (AvgIpc) is 2.26. The third-order valence-electron chi connectivity index (χ3n) is 2.98. The second-order valence-corrected chi connectivity index (χ2v) is 6.59. The lowest BCUT2D eigenvalue weighted by molar-refractivity contribution is 0.0843. The van der Waals surface area contributed by atoms with E-state index in [1.165, 1.54) is 6.08 Å². The molecule has 0 fully saturated rings. The fraction of sp³-hybridized carbons (Fsp3) is 0.286. The summed E-state index contributed by atoms with van der Waals surface area (Å²) < 4.78 is 24.8. The number of hydrogen-bond donors (Lipinski definition) is 2. The van der Waals surface area contributed by atoms with E-state index in [2.05, 4.69) is 4.72 Å². The third kappa shape index (κ3) is 3.53. The van der Waals surface area contributed by atoms with E-state index in [1.54, 1.807) is 6.08 Å². The van der Waals surface area contributed by atoms with Crippen molar-refractivity contribution in [3.63, 3.8) is 0 Å². The van der Waals surface area contributed by atoms with Crippen molar-refractivity contribution in [1.82, 2.24) is 4.72 Å². The van der Waals surface area contributed by atoms with Crippen LogP contribution in [0.1, 0.15) is 17.5 Å². The number of rotatable bonds is 3. The molecule has 0 bridgehead atoms. The Morgan fingerprint density at radius 2 is 2.00 bits per heavy atom. The Labute approximate surface area is 113 Å². The number of aliphatic hydroxyl groups is 1. The molecular weight excluding hydrogens is 262 g/mol. The molecule has 4 nitrogen and oxygen atoms in total. The van der Waals surface area contributed by atoms with Crippen LogP contribution >= 0.6 is 0 Å². The summed E-state index contributed by atoms with van der Waals surface area (Å²) in [5, 5.41) is 10.3. The van der Waals surface area contributed by atoms with Crippen molar-refractivity contribution >= 4 is 15.6 Å². The van der Waals surface area contributed by atoms with Crippen LogP contribution in [0.25, 0.3) is 5.57 Å². The topological polar surface area (TPSA) is 66.4 Å². The van der Waals surface area contributed by atoms with Gasteiger partial charge in [0.1, 0.15) is 0 Å². The largest absolute Gasteiger partial charge is 0.371 e. The molecule has 0 amide bonds. The molecule has 0 aromatic heterocycles. The minimum absolute atomic E-state index is 0.210. The molecule has 1 aliphatic rings. The number of allylic oxidation sites excluding steroid dienone is 2. The zero-order valence-electron chi connectivity index (χ0n) is 10.9. The highest BCUT2D eigenvalue weighted by Gasteiger charge is 2.30. The lowest BCUT2D eigenvalue weighted by atomic mass is 9.90. The van der Waals surface area contributed by atoms with Gasteiger partial charge in [0, 0.05) is 6.42 Å². The van der Waals surface area contributed by atoms with E-state index in [0.717, 1.165) is 23.0 Å². The smallest absolute Gasteiger partial charge is 0.211 e. The molecule has 0 radical (unpaired) electrons. The number of sulfonamides is 1. The van der Waals surface area contributed by atoms with Gasteiger partial charge in [0.05, 0.1) is 6.26 Å². The van der Waals surface area contributed by atoms with Crippen molar-refractivity contribution in [1.29, 1.82) is 0 Å². The number of hydrogen-bond acceptors (Lipinski definition) is 3. The summed E-state index contributed by atoms with van der Waals surface area (Å²) in [6.45, 7) is 1.98. The van der Waals surface area contributed by atoms with Gasteiger partial charge in [-0.1, -0.05) is 36.4 Å². The van der Waals surface area contributed by atoms with E-state index in [1.807, 2.05) is 37.3 Å². The van der Waals surface area contributed by atoms with Gasteiger partial charge in [-0.3, -0.25) is 0 Å². The summed E-state index contributed by atoms with van der Waals surface area (Å²) in [4.78, 5) is 0. The van der Waals surface area contributed by atoms with Crippen molar-refractivity contribution < 1.29 is 13.5 Å². The molecule has 1 aliphatic carbocycles. The summed E-state index contributed by atoms with van der Waals surface area (Å²) in [5.74, 6) is 0. The first kappa shape index (κ1) is 14.0. The van der Waals surface area contributed by atoms with Gasteiger partial charge in [0.15, 0.2) is 5.72 Å². The molecule has 1 unspecified atom stereocenters. The normalized spacial score (nSPS) is 23.2. The minimum atomic E-state index is -3.48. The fourth-order valence-corrected chi connectivity index (χ4v) is 3.02. The Balaban J connectivity index is 2.30. The SMILES string of the molecule is Cc1ccccc1C1=CC=CC(O)(NS(C)(=O)=O)C1. The van der Waals surface area contributed by atoms with Gasteiger partial charge in [-0.2, -0.15) is 4.72 Å². The fourth-order valence-electron chi connectivity index (χ4n) is 2.24. The molecule has 2 N–H and O–H groups in total. The predicted molar refractivity (Wildman–Crippen MR) is 75.8 cm³/mol. The summed E-state index contributed by atoms with van der Waals surface area (Å²) in [7, 11) is -3.48. The lowest BCUT2D eigenvalue weighted by Gasteiger charge is -2.29. The highest BCUT2D eigenvalue weighted by Crippen LogP contribution is 2.30. The quantitative estimate of drug-likeness (QED) is 0.826. The summed E-state index contributed by atoms with van der Waals surface area (Å²) in [5.41, 5.74) is 1.45. The molecule has 102 valence electrons. The zero-order valence-corrected chi connectivity index (χ0v) is 11.7. The maximum Gasteiger partial charge on any atom is 0.211 e. The molecule has 1 aromatic carbocycles. The van der Waals surface area contributed by atoms with Crippen LogP contribution in [0, 0.1) is 6.92 Å². The molecule has 5 heteroatoms. The van der Waals surface area contributed by atoms with Gasteiger partial charge >= 0.3 is 0 Å². The van der Waals surface area contributed by atoms with Crippen LogP contribution in [0.15, 0.2) is 42.5 Å². The molecule has 0 saturated heterocycles. The van der Waals surface area contributed by atoms with E-state index >= 15 is 0 Å². The van der Waals surface area contributed by atoms with Gasteiger partial charge in [-0.15, -0.1) is 0 Å². The first-order chi connectivity index (χ1) is 8.79. The highest BCUT2D eigenvalue weighted by molar-refractivity contribution is 7.88. The maximum atomic E-state index is 11.3. The predicted octanol–water partition coefficient (Wildman–Crippen LogP) is 1.58. The monoisotopic (exact) mass is 279 g/mol. The Hall–Kier alpha value is -1.43. The number of nitrogens with one attached hydrogen (secondary N) is 1. The van der Waals surface area contributed by atoms with Crippen LogP contribution in [0.2, 0.25) is 0 Å². The summed E-state index contributed by atoms with van der Waals surface area (Å²) in [6.07, 6.45) is 6.26. The van der Waals surface area contributed by atoms with E-state index in [0.29, 0.717) is 0 Å². The first-order valence-electron chi connectivity index (χ1n) is 5.95. The Kier molecular flexibility index (Phi) is 3.62. The van der Waals surface area contributed by atoms with Gasteiger partial charge in [-0.25, -0.2) is 8.42 Å². The van der Waals surface area contributed by atoms with Crippen LogP contribution in [0.5, 0.6) is 0 Å². The summed E-state index contributed by atoms with van der Waals surface area (Å²) in [6, 6.07) is 7.81. The van der Waals surface area contributed by atoms with Crippen molar-refractivity contribution in [3.05, 3.63) is 53.6 Å². The molecule has 2 rings (SSSR count). The Bertz CT molecular complexity index is 646. The van der Waals surface area contributed by atoms with Gasteiger partial charge < -0.3 is 5.11 Å². The van der Waals surface area contributed by atoms with Crippen molar-refractivity contribution in [3.8, 4) is 0 Å². The highest BCUT2D eigenvalue weighted by atomic mass is 32.2. The van der Waals surface area contributed by atoms with Gasteiger partial charge in [0.25, 0.3) is 0 Å². The molecule has 0 aliphatic heterocycles. The summed E-state index contributed by atoms with van der Waals surface area (Å²) >= 11 is 0. The lowest BCUT2D eigenvalue weighted by Crippen LogP contribution is -2.47. The van der Waals surface area contributed by atoms with Crippen LogP contribution in [-0.2, 0) is 10.0 Å². The molecule has 1 aromatic rings. The van der Waals surface area contributed by atoms with E-state index in [4.69, 9.17) is 0 Å². The Morgan fingerprint density at radius 1 is 1.32 bits per heavy atom. The molecule has 0 spiro atoms. The van der Waals surface area contributed by atoms with Crippen LogP contribution in [0.4, 0.5) is 0 Å². The molecular formula is C14H17NO3S. The second kappa shape index (κ2) is 4.92. The van der Waals surface area contributed by atoms with Gasteiger partial charge in [0.2, 0.25) is 10.0 Å². The van der Waals surface area contributed by atoms with Crippen LogP contribution in [0.3, 0.4) is 0 Å². The van der Waals surface area contributed by atoms with E-state index in [-0.39, 0.29) is 6.42 Å². The first-order valence-corrected chi connectivity index (χ1v) is 7.84. The van der Waals surface area contributed by atoms with Crippen molar-refractivity contribution in [2.75, 3.05) is 6.26 Å². The molecule has 0 saturated carbocycles. The molecule has 1 atom stereocenters. The van der Waals surface area contributed by atoms with Crippen LogP contribution < -0.4 is 4.72 Å². The van der Waals surface area contributed by atoms with Gasteiger partial charge in [-0.05, 0) is 29.7 Å². The minimum Gasteiger partial charge on any atom is -0.371 e. The van der Waals surface area contributed by atoms with E-state index in [9.17, 15) is 13.5 Å². The standard InChI is InChI=1S/C14H17NO3S/c1-11-6-3-4-8-13(11)12-7-5-9-14(16,10-12)15-19(2,17)18/h3-9,15-16H,10H2,1-2H3. The molecule has 0 heterocycles. The average molecular weight is 279 g/mol. The van der Waals surface area contributed by atoms with Crippen LogP contribution in [-0.4, -0.2) is 25.5 Å². The number of benzene rings is 1. The van der Waals surface area contributed by atoms with E-state index < -0.39 is 15.7 Å². The number of aryl methyl sites for hydroxylation is 1. The van der Waals surface area contributed by atoms with Crippen molar-refractivity contribution in [2.24, 2.45) is 0 Å². The third-order valence-corrected chi connectivity index (χ3v) is 3.71. The van der Waals surface area contributed by atoms with Crippen molar-refractivity contribution in [2.45, 2.75) is 19.1 Å². The second-order valence-electron chi connectivity index (χ2n) is 4.84. The Morgan fingerprint density at radius 3 is 2.63 bits per heavy atom. The maximum absolute atomic E-state index is 11.3. The zero-order chi connectivity index (χ0) is 14.1. The molecule has 19 heavy (non-hydrogen) atoms.